The molecule has 5 aromatic rings. The number of rotatable bonds is 3. The summed E-state index contributed by atoms with van der Waals surface area (Å²) in [6.45, 7) is 4.09. The monoisotopic (exact) mass is 402 g/mol. The number of carbonyl (C=O) groups is 1. The number of fused-ring (bicyclic) bond motifs is 2. The van der Waals surface area contributed by atoms with E-state index in [0.717, 1.165) is 49.7 Å². The van der Waals surface area contributed by atoms with Crippen LogP contribution in [0.3, 0.4) is 0 Å². The summed E-state index contributed by atoms with van der Waals surface area (Å²) < 4.78 is 0. The molecule has 0 atom stereocenters. The number of benzene rings is 4. The Hall–Kier alpha value is -3.98. The van der Waals surface area contributed by atoms with Gasteiger partial charge in [-0.3, -0.25) is 4.79 Å². The molecule has 0 bridgehead atoms. The third kappa shape index (κ3) is 3.55. The lowest BCUT2D eigenvalue weighted by Crippen LogP contribution is -2.13. The Morgan fingerprint density at radius 1 is 0.774 bits per heavy atom. The number of amides is 1. The second-order valence-electron chi connectivity index (χ2n) is 7.88. The molecule has 0 aliphatic carbocycles. The molecule has 0 aliphatic rings. The van der Waals surface area contributed by atoms with Crippen LogP contribution in [0.25, 0.3) is 32.9 Å². The molecule has 0 saturated carbocycles. The minimum Gasteiger partial charge on any atom is -0.321 e. The molecule has 0 fully saturated rings. The highest BCUT2D eigenvalue weighted by Gasteiger charge is 2.17. The minimum atomic E-state index is -0.133. The molecular weight excluding hydrogens is 380 g/mol. The van der Waals surface area contributed by atoms with Crippen molar-refractivity contribution in [2.45, 2.75) is 13.8 Å². The molecule has 1 aromatic heterocycles. The molecule has 5 rings (SSSR count). The van der Waals surface area contributed by atoms with Crippen LogP contribution in [-0.2, 0) is 0 Å². The number of anilines is 1. The molecule has 3 nitrogen and oxygen atoms in total. The molecule has 1 N–H and O–H groups in total. The fourth-order valence-corrected chi connectivity index (χ4v) is 4.15. The van der Waals surface area contributed by atoms with Crippen LogP contribution in [0.4, 0.5) is 5.69 Å². The summed E-state index contributed by atoms with van der Waals surface area (Å²) in [4.78, 5) is 18.4. The van der Waals surface area contributed by atoms with Crippen molar-refractivity contribution >= 4 is 33.3 Å². The van der Waals surface area contributed by atoms with E-state index >= 15 is 0 Å². The van der Waals surface area contributed by atoms with E-state index in [9.17, 15) is 4.79 Å². The number of nitrogens with zero attached hydrogens (tertiary/aromatic N) is 1. The second-order valence-corrected chi connectivity index (χ2v) is 7.88. The van der Waals surface area contributed by atoms with E-state index in [4.69, 9.17) is 4.98 Å². The highest BCUT2D eigenvalue weighted by atomic mass is 16.1. The van der Waals surface area contributed by atoms with Crippen LogP contribution in [0.5, 0.6) is 0 Å². The third-order valence-electron chi connectivity index (χ3n) is 5.60. The van der Waals surface area contributed by atoms with Crippen LogP contribution >= 0.6 is 0 Å². The van der Waals surface area contributed by atoms with Crippen molar-refractivity contribution in [3.8, 4) is 11.3 Å². The van der Waals surface area contributed by atoms with Gasteiger partial charge in [-0.2, -0.15) is 0 Å². The molecule has 1 amide bonds. The maximum atomic E-state index is 13.5. The molecule has 31 heavy (non-hydrogen) atoms. The van der Waals surface area contributed by atoms with Crippen molar-refractivity contribution in [3.05, 3.63) is 108 Å². The molecule has 3 heteroatoms. The predicted octanol–water partition coefficient (Wildman–Crippen LogP) is 6.92. The van der Waals surface area contributed by atoms with E-state index < -0.39 is 0 Å². The predicted molar refractivity (Wildman–Crippen MR) is 129 cm³/mol. The Morgan fingerprint density at radius 3 is 2.35 bits per heavy atom. The molecule has 4 aromatic carbocycles. The summed E-state index contributed by atoms with van der Waals surface area (Å²) in [7, 11) is 0. The summed E-state index contributed by atoms with van der Waals surface area (Å²) >= 11 is 0. The Morgan fingerprint density at radius 2 is 1.52 bits per heavy atom. The molecule has 150 valence electrons. The average molecular weight is 402 g/mol. The Bertz CT molecular complexity index is 1430. The first-order valence-electron chi connectivity index (χ1n) is 10.4. The van der Waals surface area contributed by atoms with E-state index in [1.54, 1.807) is 0 Å². The van der Waals surface area contributed by atoms with Crippen molar-refractivity contribution < 1.29 is 4.79 Å². The number of carbonyl (C=O) groups excluding carboxylic acids is 1. The lowest BCUT2D eigenvalue weighted by atomic mass is 9.99. The highest BCUT2D eigenvalue weighted by molar-refractivity contribution is 6.15. The zero-order valence-electron chi connectivity index (χ0n) is 17.5. The van der Waals surface area contributed by atoms with E-state index in [2.05, 4.69) is 11.4 Å². The van der Waals surface area contributed by atoms with Crippen molar-refractivity contribution in [3.63, 3.8) is 0 Å². The van der Waals surface area contributed by atoms with Gasteiger partial charge in [0.2, 0.25) is 0 Å². The van der Waals surface area contributed by atoms with Gasteiger partial charge in [-0.15, -0.1) is 0 Å². The summed E-state index contributed by atoms with van der Waals surface area (Å²) in [6.07, 6.45) is 0. The highest BCUT2D eigenvalue weighted by Crippen LogP contribution is 2.29. The number of pyridine rings is 1. The number of nitrogens with one attached hydrogen (secondary N) is 1. The SMILES string of the molecule is Cc1cc(C)c2nc(-c3ccccc3)cc(C(=O)Nc3cccc4ccccc34)c2c1. The van der Waals surface area contributed by atoms with E-state index in [0.29, 0.717) is 5.56 Å². The van der Waals surface area contributed by atoms with Crippen LogP contribution in [0, 0.1) is 13.8 Å². The van der Waals surface area contributed by atoms with Crippen molar-refractivity contribution in [1.82, 2.24) is 4.98 Å². The fourth-order valence-electron chi connectivity index (χ4n) is 4.15. The largest absolute Gasteiger partial charge is 0.321 e. The number of aryl methyl sites for hydroxylation is 2. The molecular formula is C28H22N2O. The lowest BCUT2D eigenvalue weighted by molar-refractivity contribution is 0.102. The van der Waals surface area contributed by atoms with Gasteiger partial charge >= 0.3 is 0 Å². The number of hydrogen-bond acceptors (Lipinski definition) is 2. The van der Waals surface area contributed by atoms with E-state index in [-0.39, 0.29) is 5.91 Å². The van der Waals surface area contributed by atoms with E-state index in [1.165, 1.54) is 0 Å². The Labute approximate surface area is 181 Å². The Balaban J connectivity index is 1.68. The first kappa shape index (κ1) is 19.0. The molecule has 0 aliphatic heterocycles. The molecule has 1 heterocycles. The summed E-state index contributed by atoms with van der Waals surface area (Å²) in [5.41, 5.74) is 6.24. The summed E-state index contributed by atoms with van der Waals surface area (Å²) in [5, 5.41) is 6.13. The van der Waals surface area contributed by atoms with Gasteiger partial charge in [-0.05, 0) is 43.0 Å². The van der Waals surface area contributed by atoms with Gasteiger partial charge in [-0.25, -0.2) is 4.98 Å². The van der Waals surface area contributed by atoms with Crippen molar-refractivity contribution in [2.75, 3.05) is 5.32 Å². The Kier molecular flexibility index (Phi) is 4.72. The number of aromatic nitrogens is 1. The van der Waals surface area contributed by atoms with Gasteiger partial charge in [0, 0.05) is 22.0 Å². The summed E-state index contributed by atoms with van der Waals surface area (Å²) in [6, 6.07) is 30.1. The third-order valence-corrected chi connectivity index (χ3v) is 5.60. The lowest BCUT2D eigenvalue weighted by Gasteiger charge is -2.14. The molecule has 0 radical (unpaired) electrons. The zero-order chi connectivity index (χ0) is 21.4. The minimum absolute atomic E-state index is 0.133. The maximum absolute atomic E-state index is 13.5. The fraction of sp³-hybridized carbons (Fsp3) is 0.0714. The topological polar surface area (TPSA) is 42.0 Å². The van der Waals surface area contributed by atoms with Gasteiger partial charge < -0.3 is 5.32 Å². The number of hydrogen-bond donors (Lipinski definition) is 1. The first-order chi connectivity index (χ1) is 15.1. The van der Waals surface area contributed by atoms with Gasteiger partial charge in [0.25, 0.3) is 5.91 Å². The van der Waals surface area contributed by atoms with Crippen molar-refractivity contribution in [2.24, 2.45) is 0 Å². The van der Waals surface area contributed by atoms with Crippen LogP contribution in [-0.4, -0.2) is 10.9 Å². The van der Waals surface area contributed by atoms with Crippen LogP contribution in [0.15, 0.2) is 91.0 Å². The smallest absolute Gasteiger partial charge is 0.256 e. The first-order valence-corrected chi connectivity index (χ1v) is 10.4. The standard InChI is InChI=1S/C28H22N2O/c1-18-15-19(2)27-23(16-18)24(17-26(29-27)21-10-4-3-5-11-21)28(31)30-25-14-8-12-20-9-6-7-13-22(20)25/h3-17H,1-2H3,(H,30,31). The van der Waals surface area contributed by atoms with Gasteiger partial charge in [0.15, 0.2) is 0 Å². The maximum Gasteiger partial charge on any atom is 0.256 e. The summed E-state index contributed by atoms with van der Waals surface area (Å²) in [5.74, 6) is -0.133. The van der Waals surface area contributed by atoms with Gasteiger partial charge in [-0.1, -0.05) is 78.4 Å². The normalized spacial score (nSPS) is 11.0. The average Bonchev–Trinajstić information content (AvgIpc) is 2.79. The quantitative estimate of drug-likeness (QED) is 0.356. The molecule has 0 saturated heterocycles. The van der Waals surface area contributed by atoms with Crippen LogP contribution < -0.4 is 5.32 Å². The van der Waals surface area contributed by atoms with Crippen molar-refractivity contribution in [1.29, 1.82) is 0 Å². The molecule has 0 spiro atoms. The second kappa shape index (κ2) is 7.69. The molecule has 0 unspecified atom stereocenters. The van der Waals surface area contributed by atoms with Crippen LogP contribution in [0.2, 0.25) is 0 Å². The van der Waals surface area contributed by atoms with Gasteiger partial charge in [0.05, 0.1) is 16.8 Å². The van der Waals surface area contributed by atoms with Gasteiger partial charge in [0.1, 0.15) is 0 Å². The van der Waals surface area contributed by atoms with E-state index in [1.807, 2.05) is 98.8 Å². The van der Waals surface area contributed by atoms with Crippen LogP contribution in [0.1, 0.15) is 21.5 Å². The zero-order valence-corrected chi connectivity index (χ0v) is 17.5.